The number of ether oxygens (including phenoxy) is 1. The first-order valence-corrected chi connectivity index (χ1v) is 21.9. The maximum atomic E-state index is 13.8. The van der Waals surface area contributed by atoms with E-state index in [0.717, 1.165) is 85.2 Å². The van der Waals surface area contributed by atoms with Gasteiger partial charge in [0.25, 0.3) is 5.91 Å². The molecule has 7 heterocycles. The number of allylic oxidation sites excluding steroid dienone is 1. The number of benzene rings is 1. The molecule has 5 unspecified atom stereocenters. The molecule has 0 spiro atoms. The molecule has 3 aromatic rings. The van der Waals surface area contributed by atoms with Crippen molar-refractivity contribution in [3.63, 3.8) is 0 Å². The molecule has 5 amide bonds. The van der Waals surface area contributed by atoms with Gasteiger partial charge in [-0.3, -0.25) is 44.1 Å². The van der Waals surface area contributed by atoms with E-state index in [-0.39, 0.29) is 60.1 Å². The third kappa shape index (κ3) is 6.20. The van der Waals surface area contributed by atoms with E-state index in [9.17, 15) is 29.2 Å². The molecule has 1 saturated carbocycles. The zero-order valence-electron chi connectivity index (χ0n) is 35.5. The fourth-order valence-corrected chi connectivity index (χ4v) is 11.8. The van der Waals surface area contributed by atoms with Crippen LogP contribution in [0.2, 0.25) is 0 Å². The summed E-state index contributed by atoms with van der Waals surface area (Å²) in [5.74, 6) is -1.05. The van der Waals surface area contributed by atoms with Crippen LogP contribution in [0.3, 0.4) is 0 Å². The molecule has 5 aliphatic heterocycles. The Kier molecular flexibility index (Phi) is 9.51. The molecular weight excluding hydrogens is 787 g/mol. The average molecular weight is 838 g/mol. The number of hydrogen-bond donors (Lipinski definition) is 2. The third-order valence-electron chi connectivity index (χ3n) is 15.0. The van der Waals surface area contributed by atoms with Crippen molar-refractivity contribution in [2.45, 2.75) is 83.0 Å². The molecule has 2 aromatic heterocycles. The minimum absolute atomic E-state index is 0.104. The third-order valence-corrected chi connectivity index (χ3v) is 15.0. The van der Waals surface area contributed by atoms with Gasteiger partial charge in [-0.15, -0.1) is 0 Å². The minimum Gasteiger partial charge on any atom is -0.488 e. The first-order chi connectivity index (χ1) is 29.8. The van der Waals surface area contributed by atoms with Crippen molar-refractivity contribution in [3.8, 4) is 11.8 Å². The molecule has 5 fully saturated rings. The van der Waals surface area contributed by atoms with Gasteiger partial charge in [0.2, 0.25) is 23.6 Å². The van der Waals surface area contributed by atoms with Gasteiger partial charge in [-0.2, -0.15) is 5.26 Å². The largest absolute Gasteiger partial charge is 0.488 e. The lowest BCUT2D eigenvalue weighted by Gasteiger charge is -2.66. The van der Waals surface area contributed by atoms with Crippen molar-refractivity contribution >= 4 is 46.3 Å². The molecule has 15 heteroatoms. The summed E-state index contributed by atoms with van der Waals surface area (Å²) in [4.78, 5) is 82.3. The number of carbonyl (C=O) groups excluding carboxylic acids is 5. The Hall–Kier alpha value is -6.14. The second-order valence-corrected chi connectivity index (χ2v) is 19.0. The van der Waals surface area contributed by atoms with Crippen LogP contribution >= 0.6 is 0 Å². The predicted octanol–water partition coefficient (Wildman–Crippen LogP) is 3.44. The summed E-state index contributed by atoms with van der Waals surface area (Å²) >= 11 is 0. The summed E-state index contributed by atoms with van der Waals surface area (Å²) in [5.41, 5.74) is 2.68. The van der Waals surface area contributed by atoms with Gasteiger partial charge < -0.3 is 19.9 Å². The number of carbonyl (C=O) groups is 5. The summed E-state index contributed by atoms with van der Waals surface area (Å²) < 4.78 is 6.58. The summed E-state index contributed by atoms with van der Waals surface area (Å²) in [6, 6.07) is 10.8. The van der Waals surface area contributed by atoms with E-state index in [2.05, 4.69) is 64.1 Å². The maximum Gasteiger partial charge on any atom is 0.253 e. The van der Waals surface area contributed by atoms with Crippen LogP contribution in [0.1, 0.15) is 74.9 Å². The molecule has 4 saturated heterocycles. The number of aromatic nitrogens is 2. The number of amides is 5. The zero-order valence-corrected chi connectivity index (χ0v) is 35.5. The van der Waals surface area contributed by atoms with E-state index in [1.54, 1.807) is 24.5 Å². The molecule has 0 radical (unpaired) electrons. The van der Waals surface area contributed by atoms with E-state index in [1.807, 2.05) is 36.4 Å². The Bertz CT molecular complexity index is 2520. The van der Waals surface area contributed by atoms with Crippen LogP contribution < -0.4 is 20.3 Å². The molecule has 1 aromatic carbocycles. The fraction of sp³-hybridized carbons (Fsp3) is 0.489. The van der Waals surface area contributed by atoms with Crippen LogP contribution in [-0.4, -0.2) is 118 Å². The number of nitriles is 1. The Morgan fingerprint density at radius 2 is 1.76 bits per heavy atom. The normalized spacial score (nSPS) is 30.5. The highest BCUT2D eigenvalue weighted by atomic mass is 16.5. The second-order valence-electron chi connectivity index (χ2n) is 19.0. The van der Waals surface area contributed by atoms with Crippen LogP contribution in [0.25, 0.3) is 10.9 Å². The number of piperazine rings is 1. The molecule has 62 heavy (non-hydrogen) atoms. The Morgan fingerprint density at radius 3 is 2.48 bits per heavy atom. The van der Waals surface area contributed by atoms with Crippen molar-refractivity contribution in [1.29, 1.82) is 5.26 Å². The smallest absolute Gasteiger partial charge is 0.253 e. The first kappa shape index (κ1) is 40.0. The number of rotatable bonds is 7. The molecule has 10 rings (SSSR count). The molecule has 320 valence electrons. The molecular formula is C47H51N9O6. The lowest BCUT2D eigenvalue weighted by Crippen LogP contribution is -2.78. The van der Waals surface area contributed by atoms with Crippen LogP contribution in [0, 0.1) is 34.5 Å². The topological polar surface area (TPSA) is 181 Å². The van der Waals surface area contributed by atoms with Gasteiger partial charge in [-0.05, 0) is 87.1 Å². The van der Waals surface area contributed by atoms with Gasteiger partial charge in [-0.1, -0.05) is 19.9 Å². The van der Waals surface area contributed by atoms with Gasteiger partial charge in [0, 0.05) is 80.6 Å². The SMILES string of the molecule is C[C@@H]1CN(C2=CC3C(=O)N(C4CCC(=O)NC4=O)C(=O)C3C=C2)CCN1CC1CCN(c2ccc(C(=O)NC3C(C)(C)[C@@H]4Oc5ccc(C#N)c6nccc(c56)C34C)cn2)CC1. The van der Waals surface area contributed by atoms with E-state index in [4.69, 9.17) is 9.72 Å². The van der Waals surface area contributed by atoms with Gasteiger partial charge in [0.1, 0.15) is 29.8 Å². The number of piperidine rings is 2. The first-order valence-electron chi connectivity index (χ1n) is 21.9. The van der Waals surface area contributed by atoms with Crippen molar-refractivity contribution in [3.05, 3.63) is 83.3 Å². The minimum atomic E-state index is -0.942. The lowest BCUT2D eigenvalue weighted by molar-refractivity contribution is -0.151. The quantitative estimate of drug-likeness (QED) is 0.332. The van der Waals surface area contributed by atoms with E-state index in [0.29, 0.717) is 22.6 Å². The van der Waals surface area contributed by atoms with Crippen LogP contribution in [0.4, 0.5) is 5.82 Å². The Labute approximate surface area is 360 Å². The van der Waals surface area contributed by atoms with Crippen LogP contribution in [0.5, 0.6) is 5.75 Å². The number of nitrogens with zero attached hydrogens (tertiary/aromatic N) is 7. The highest BCUT2D eigenvalue weighted by Crippen LogP contribution is 2.61. The number of nitrogens with one attached hydrogen (secondary N) is 2. The van der Waals surface area contributed by atoms with Gasteiger partial charge in [-0.25, -0.2) is 4.98 Å². The maximum absolute atomic E-state index is 13.8. The Balaban J connectivity index is 0.723. The van der Waals surface area contributed by atoms with Crippen molar-refractivity contribution in [2.75, 3.05) is 44.2 Å². The van der Waals surface area contributed by atoms with Gasteiger partial charge in [0.15, 0.2) is 0 Å². The number of imide groups is 2. The number of likely N-dealkylation sites (tertiary alicyclic amines) is 1. The molecule has 7 aliphatic rings. The predicted molar refractivity (Wildman–Crippen MR) is 227 cm³/mol. The lowest BCUT2D eigenvalue weighted by atomic mass is 9.45. The van der Waals surface area contributed by atoms with Crippen molar-refractivity contribution in [2.24, 2.45) is 23.2 Å². The number of fused-ring (bicyclic) bond motifs is 3. The molecule has 2 aliphatic carbocycles. The molecule has 2 N–H and O–H groups in total. The van der Waals surface area contributed by atoms with E-state index >= 15 is 0 Å². The number of hydrogen-bond acceptors (Lipinski definition) is 12. The second kappa shape index (κ2) is 14.8. The monoisotopic (exact) mass is 837 g/mol. The summed E-state index contributed by atoms with van der Waals surface area (Å²) in [6.45, 7) is 13.9. The van der Waals surface area contributed by atoms with Crippen LogP contribution in [-0.2, 0) is 24.6 Å². The van der Waals surface area contributed by atoms with E-state index in [1.165, 1.54) is 0 Å². The summed E-state index contributed by atoms with van der Waals surface area (Å²) in [6.07, 6.45) is 11.2. The average Bonchev–Trinajstić information content (AvgIpc) is 3.52. The summed E-state index contributed by atoms with van der Waals surface area (Å²) in [5, 5.41) is 16.2. The standard InChI is InChI=1S/C47H51N9O6/c1-26-24-55(30-7-8-31-32(21-30)43(61)56(42(31)60)34-9-12-37(57)51-41(34)59)20-19-54(26)25-27-14-17-53(18-15-27)36-11-6-29(23-50-36)40(58)52-44-46(2,3)45-47(44,4)33-13-16-49-39-28(22-48)5-10-35(62-45)38(33)39/h5-8,10-11,13,16,21,23,26-27,31-32,34,44-45H,9,12,14-15,17-20,24-25H2,1-4H3,(H,52,58)(H,51,57,59)/t26-,31?,32?,34?,44?,45+,47?/m1/s1. The number of pyridine rings is 2. The van der Waals surface area contributed by atoms with Gasteiger partial charge >= 0.3 is 0 Å². The molecule has 7 atom stereocenters. The molecule has 0 bridgehead atoms. The zero-order chi connectivity index (χ0) is 43.2. The summed E-state index contributed by atoms with van der Waals surface area (Å²) in [7, 11) is 0. The van der Waals surface area contributed by atoms with Crippen molar-refractivity contribution < 1.29 is 28.7 Å². The molecule has 15 nitrogen and oxygen atoms in total. The van der Waals surface area contributed by atoms with Crippen molar-refractivity contribution in [1.82, 2.24) is 35.3 Å². The van der Waals surface area contributed by atoms with E-state index < -0.39 is 29.2 Å². The highest BCUT2D eigenvalue weighted by molar-refractivity contribution is 6.12. The van der Waals surface area contributed by atoms with Gasteiger partial charge in [0.05, 0.1) is 39.9 Å². The highest BCUT2D eigenvalue weighted by Gasteiger charge is 2.69. The number of anilines is 1. The van der Waals surface area contributed by atoms with Crippen LogP contribution in [0.15, 0.2) is 66.7 Å². The fourth-order valence-electron chi connectivity index (χ4n) is 11.8. The Morgan fingerprint density at radius 1 is 0.968 bits per heavy atom.